The lowest BCUT2D eigenvalue weighted by molar-refractivity contribution is -0.136. The Kier molecular flexibility index (Phi) is 3.74. The standard InChI is InChI=1S/C14H22N4O2/c1-10-2-3-11(9-19)6-18(10)14(20)8-17-7-13(15-16-17)12-4-5-12/h7,10-12,19H,2-6,8-9H2,1H3. The van der Waals surface area contributed by atoms with E-state index in [1.165, 1.54) is 12.8 Å². The summed E-state index contributed by atoms with van der Waals surface area (Å²) >= 11 is 0. The van der Waals surface area contributed by atoms with Gasteiger partial charge < -0.3 is 10.0 Å². The van der Waals surface area contributed by atoms with E-state index in [2.05, 4.69) is 17.2 Å². The summed E-state index contributed by atoms with van der Waals surface area (Å²) < 4.78 is 1.64. The topological polar surface area (TPSA) is 71.2 Å². The molecule has 2 atom stereocenters. The second-order valence-corrected chi connectivity index (χ2v) is 6.14. The van der Waals surface area contributed by atoms with Crippen molar-refractivity contribution < 1.29 is 9.90 Å². The molecule has 1 aromatic rings. The highest BCUT2D eigenvalue weighted by atomic mass is 16.3. The lowest BCUT2D eigenvalue weighted by Crippen LogP contribution is -2.47. The van der Waals surface area contributed by atoms with E-state index in [4.69, 9.17) is 0 Å². The van der Waals surface area contributed by atoms with E-state index in [1.54, 1.807) is 4.68 Å². The molecule has 2 fully saturated rings. The molecule has 0 bridgehead atoms. The van der Waals surface area contributed by atoms with E-state index in [-0.39, 0.29) is 31.0 Å². The van der Waals surface area contributed by atoms with Gasteiger partial charge >= 0.3 is 0 Å². The zero-order valence-electron chi connectivity index (χ0n) is 11.9. The molecule has 1 aromatic heterocycles. The quantitative estimate of drug-likeness (QED) is 0.883. The molecule has 0 aromatic carbocycles. The van der Waals surface area contributed by atoms with Crippen molar-refractivity contribution in [3.05, 3.63) is 11.9 Å². The van der Waals surface area contributed by atoms with Crippen LogP contribution in [0.4, 0.5) is 0 Å². The number of aromatic nitrogens is 3. The molecule has 2 unspecified atom stereocenters. The Balaban J connectivity index is 1.61. The van der Waals surface area contributed by atoms with Gasteiger partial charge in [0.2, 0.25) is 5.91 Å². The van der Waals surface area contributed by atoms with Gasteiger partial charge in [-0.05, 0) is 38.5 Å². The maximum atomic E-state index is 12.4. The minimum Gasteiger partial charge on any atom is -0.396 e. The number of aliphatic hydroxyl groups excluding tert-OH is 1. The average molecular weight is 278 g/mol. The molecule has 2 heterocycles. The number of nitrogens with zero attached hydrogens (tertiary/aromatic N) is 4. The fraction of sp³-hybridized carbons (Fsp3) is 0.786. The highest BCUT2D eigenvalue weighted by Crippen LogP contribution is 2.38. The third-order valence-electron chi connectivity index (χ3n) is 4.41. The number of hydrogen-bond donors (Lipinski definition) is 1. The molecule has 0 spiro atoms. The Morgan fingerprint density at radius 1 is 1.40 bits per heavy atom. The number of aliphatic hydroxyl groups is 1. The average Bonchev–Trinajstić information content (AvgIpc) is 3.20. The lowest BCUT2D eigenvalue weighted by atomic mass is 9.94. The Morgan fingerprint density at radius 2 is 2.20 bits per heavy atom. The summed E-state index contributed by atoms with van der Waals surface area (Å²) in [5.41, 5.74) is 1.01. The van der Waals surface area contributed by atoms with Crippen LogP contribution in [0, 0.1) is 5.92 Å². The molecule has 110 valence electrons. The van der Waals surface area contributed by atoms with Crippen LogP contribution in [0.3, 0.4) is 0 Å². The van der Waals surface area contributed by atoms with Gasteiger partial charge in [-0.2, -0.15) is 0 Å². The zero-order chi connectivity index (χ0) is 14.1. The van der Waals surface area contributed by atoms with E-state index in [0.717, 1.165) is 18.5 Å². The van der Waals surface area contributed by atoms with Gasteiger partial charge in [-0.15, -0.1) is 5.10 Å². The van der Waals surface area contributed by atoms with Gasteiger partial charge in [-0.25, -0.2) is 4.68 Å². The van der Waals surface area contributed by atoms with Crippen molar-refractivity contribution in [3.8, 4) is 0 Å². The maximum absolute atomic E-state index is 12.4. The minimum atomic E-state index is 0.0721. The van der Waals surface area contributed by atoms with Crippen LogP contribution < -0.4 is 0 Å². The Morgan fingerprint density at radius 3 is 2.90 bits per heavy atom. The van der Waals surface area contributed by atoms with Crippen molar-refractivity contribution in [2.75, 3.05) is 13.2 Å². The summed E-state index contributed by atoms with van der Waals surface area (Å²) in [5.74, 6) is 0.849. The van der Waals surface area contributed by atoms with E-state index in [1.807, 2.05) is 11.1 Å². The van der Waals surface area contributed by atoms with E-state index in [9.17, 15) is 9.90 Å². The highest BCUT2D eigenvalue weighted by molar-refractivity contribution is 5.76. The van der Waals surface area contributed by atoms with Crippen LogP contribution in [0.15, 0.2) is 6.20 Å². The van der Waals surface area contributed by atoms with Crippen LogP contribution >= 0.6 is 0 Å². The van der Waals surface area contributed by atoms with Crippen molar-refractivity contribution in [2.45, 2.75) is 51.1 Å². The largest absolute Gasteiger partial charge is 0.396 e. The monoisotopic (exact) mass is 278 g/mol. The van der Waals surface area contributed by atoms with Gasteiger partial charge in [0.05, 0.1) is 5.69 Å². The lowest BCUT2D eigenvalue weighted by Gasteiger charge is -2.37. The van der Waals surface area contributed by atoms with Crippen molar-refractivity contribution in [3.63, 3.8) is 0 Å². The molecule has 3 rings (SSSR count). The predicted octanol–water partition coefficient (Wildman–Crippen LogP) is 0.775. The van der Waals surface area contributed by atoms with E-state index >= 15 is 0 Å². The molecule has 6 nitrogen and oxygen atoms in total. The number of carbonyl (C=O) groups is 1. The molecular formula is C14H22N4O2. The molecule has 1 saturated heterocycles. The number of hydrogen-bond acceptors (Lipinski definition) is 4. The van der Waals surface area contributed by atoms with E-state index < -0.39 is 0 Å². The number of carbonyl (C=O) groups excluding carboxylic acids is 1. The van der Waals surface area contributed by atoms with Crippen molar-refractivity contribution in [1.82, 2.24) is 19.9 Å². The Bertz CT molecular complexity index is 483. The summed E-state index contributed by atoms with van der Waals surface area (Å²) in [6.07, 6.45) is 6.23. The van der Waals surface area contributed by atoms with Crippen LogP contribution in [0.5, 0.6) is 0 Å². The summed E-state index contributed by atoms with van der Waals surface area (Å²) in [5, 5.41) is 17.4. The number of amides is 1. The highest BCUT2D eigenvalue weighted by Gasteiger charge is 2.30. The summed E-state index contributed by atoms with van der Waals surface area (Å²) in [4.78, 5) is 14.3. The molecule has 6 heteroatoms. The number of piperidine rings is 1. The Hall–Kier alpha value is -1.43. The smallest absolute Gasteiger partial charge is 0.244 e. The van der Waals surface area contributed by atoms with Crippen LogP contribution in [-0.2, 0) is 11.3 Å². The third-order valence-corrected chi connectivity index (χ3v) is 4.41. The molecule has 1 aliphatic carbocycles. The predicted molar refractivity (Wildman–Crippen MR) is 73.0 cm³/mol. The van der Waals surface area contributed by atoms with Crippen molar-refractivity contribution >= 4 is 5.91 Å². The maximum Gasteiger partial charge on any atom is 0.244 e. The van der Waals surface area contributed by atoms with Gasteiger partial charge in [0, 0.05) is 31.3 Å². The molecule has 1 amide bonds. The van der Waals surface area contributed by atoms with Crippen LogP contribution in [0.2, 0.25) is 0 Å². The second-order valence-electron chi connectivity index (χ2n) is 6.14. The summed E-state index contributed by atoms with van der Waals surface area (Å²) in [7, 11) is 0. The molecular weight excluding hydrogens is 256 g/mol. The first-order valence-corrected chi connectivity index (χ1v) is 7.47. The van der Waals surface area contributed by atoms with Crippen molar-refractivity contribution in [1.29, 1.82) is 0 Å². The molecule has 1 N–H and O–H groups in total. The third kappa shape index (κ3) is 2.85. The fourth-order valence-electron chi connectivity index (χ4n) is 2.87. The first kappa shape index (κ1) is 13.5. The molecule has 20 heavy (non-hydrogen) atoms. The SMILES string of the molecule is CC1CCC(CO)CN1C(=O)Cn1cc(C2CC2)nn1. The van der Waals surface area contributed by atoms with Crippen molar-refractivity contribution in [2.24, 2.45) is 5.92 Å². The number of rotatable bonds is 4. The Labute approximate surface area is 118 Å². The van der Waals surface area contributed by atoms with Gasteiger partial charge in [-0.1, -0.05) is 5.21 Å². The van der Waals surface area contributed by atoms with Crippen LogP contribution in [0.1, 0.15) is 44.2 Å². The first-order chi connectivity index (χ1) is 9.67. The summed E-state index contributed by atoms with van der Waals surface area (Å²) in [6.45, 7) is 3.14. The molecule has 0 radical (unpaired) electrons. The zero-order valence-corrected chi connectivity index (χ0v) is 11.9. The first-order valence-electron chi connectivity index (χ1n) is 7.47. The number of likely N-dealkylation sites (tertiary alicyclic amines) is 1. The fourth-order valence-corrected chi connectivity index (χ4v) is 2.87. The second kappa shape index (κ2) is 5.52. The van der Waals surface area contributed by atoms with Gasteiger partial charge in [0.25, 0.3) is 0 Å². The van der Waals surface area contributed by atoms with Gasteiger partial charge in [-0.3, -0.25) is 4.79 Å². The normalized spacial score (nSPS) is 26.8. The van der Waals surface area contributed by atoms with Crippen LogP contribution in [0.25, 0.3) is 0 Å². The molecule has 1 aliphatic heterocycles. The van der Waals surface area contributed by atoms with Crippen LogP contribution in [-0.4, -0.2) is 50.1 Å². The molecule has 1 saturated carbocycles. The minimum absolute atomic E-state index is 0.0721. The van der Waals surface area contributed by atoms with Gasteiger partial charge in [0.1, 0.15) is 6.54 Å². The van der Waals surface area contributed by atoms with Gasteiger partial charge in [0.15, 0.2) is 0 Å². The molecule has 2 aliphatic rings. The van der Waals surface area contributed by atoms with E-state index in [0.29, 0.717) is 12.5 Å². The summed E-state index contributed by atoms with van der Waals surface area (Å²) in [6, 6.07) is 0.247.